The van der Waals surface area contributed by atoms with E-state index in [0.717, 1.165) is 6.07 Å². The summed E-state index contributed by atoms with van der Waals surface area (Å²) in [4.78, 5) is 16.0. The molecule has 1 amide bonds. The molecule has 0 saturated heterocycles. The van der Waals surface area contributed by atoms with Crippen molar-refractivity contribution < 1.29 is 18.0 Å². The molecule has 0 bridgehead atoms. The summed E-state index contributed by atoms with van der Waals surface area (Å²) in [5.41, 5.74) is -1.09. The molecule has 0 aliphatic heterocycles. The number of rotatable bonds is 4. The lowest BCUT2D eigenvalue weighted by Crippen LogP contribution is -2.24. The predicted molar refractivity (Wildman–Crippen MR) is 77.5 cm³/mol. The molecule has 1 heterocycles. The van der Waals surface area contributed by atoms with E-state index >= 15 is 0 Å². The van der Waals surface area contributed by atoms with Gasteiger partial charge in [-0.15, -0.1) is 11.3 Å². The number of halogens is 3. The number of carbonyl (C=O) groups excluding carboxylic acids is 1. The summed E-state index contributed by atoms with van der Waals surface area (Å²) in [6.45, 7) is 1.62. The second kappa shape index (κ2) is 6.48. The van der Waals surface area contributed by atoms with Crippen molar-refractivity contribution in [2.24, 2.45) is 0 Å². The third kappa shape index (κ3) is 4.21. The number of anilines is 1. The van der Waals surface area contributed by atoms with Gasteiger partial charge >= 0.3 is 6.18 Å². The van der Waals surface area contributed by atoms with Crippen molar-refractivity contribution in [2.75, 3.05) is 5.32 Å². The van der Waals surface area contributed by atoms with E-state index in [4.69, 9.17) is 0 Å². The molecule has 0 unspecified atom stereocenters. The Kier molecular flexibility index (Phi) is 4.89. The van der Waals surface area contributed by atoms with E-state index in [1.807, 2.05) is 0 Å². The summed E-state index contributed by atoms with van der Waals surface area (Å²) in [5, 5.41) is 3.55. The topological polar surface area (TPSA) is 42.0 Å². The summed E-state index contributed by atoms with van der Waals surface area (Å²) < 4.78 is 39.2. The Morgan fingerprint density at radius 2 is 2.10 bits per heavy atom. The van der Waals surface area contributed by atoms with E-state index in [2.05, 4.69) is 10.3 Å². The average Bonchev–Trinajstić information content (AvgIpc) is 2.91. The molecular formula is C13H11F3N2OS2. The molecule has 0 radical (unpaired) electrons. The first-order valence-corrected chi connectivity index (χ1v) is 7.67. The number of para-hydroxylation sites is 1. The second-order valence-electron chi connectivity index (χ2n) is 4.09. The van der Waals surface area contributed by atoms with Gasteiger partial charge in [0.2, 0.25) is 5.91 Å². The van der Waals surface area contributed by atoms with Crippen LogP contribution in [-0.2, 0) is 11.0 Å². The monoisotopic (exact) mass is 332 g/mol. The molecule has 0 aliphatic carbocycles. The molecule has 1 aromatic heterocycles. The zero-order chi connectivity index (χ0) is 15.5. The van der Waals surface area contributed by atoms with Gasteiger partial charge in [-0.1, -0.05) is 23.9 Å². The van der Waals surface area contributed by atoms with E-state index < -0.39 is 22.9 Å². The summed E-state index contributed by atoms with van der Waals surface area (Å²) in [5.74, 6) is -0.494. The molecule has 112 valence electrons. The van der Waals surface area contributed by atoms with E-state index in [9.17, 15) is 18.0 Å². The number of alkyl halides is 3. The SMILES string of the molecule is C[C@@H](Sc1nccs1)C(=O)Nc1ccccc1C(F)(F)F. The molecule has 1 aromatic carbocycles. The number of amides is 1. The Hall–Kier alpha value is -1.54. The van der Waals surface area contributed by atoms with Gasteiger partial charge in [0.05, 0.1) is 16.5 Å². The van der Waals surface area contributed by atoms with Gasteiger partial charge in [0.15, 0.2) is 4.34 Å². The number of thiazole rings is 1. The van der Waals surface area contributed by atoms with Gasteiger partial charge in [-0.25, -0.2) is 4.98 Å². The summed E-state index contributed by atoms with van der Waals surface area (Å²) >= 11 is 2.58. The molecule has 1 atom stereocenters. The zero-order valence-corrected chi connectivity index (χ0v) is 12.5. The van der Waals surface area contributed by atoms with Crippen LogP contribution in [0, 0.1) is 0 Å². The van der Waals surface area contributed by atoms with Crippen LogP contribution in [0.5, 0.6) is 0 Å². The van der Waals surface area contributed by atoms with Crippen molar-refractivity contribution in [2.45, 2.75) is 22.7 Å². The third-order valence-corrected chi connectivity index (χ3v) is 4.56. The van der Waals surface area contributed by atoms with E-state index in [1.165, 1.54) is 41.3 Å². The molecule has 0 spiro atoms. The Morgan fingerprint density at radius 1 is 1.38 bits per heavy atom. The van der Waals surface area contributed by atoms with Crippen LogP contribution < -0.4 is 5.32 Å². The van der Waals surface area contributed by atoms with Crippen molar-refractivity contribution in [3.63, 3.8) is 0 Å². The molecule has 1 N–H and O–H groups in total. The number of nitrogens with zero attached hydrogens (tertiary/aromatic N) is 1. The van der Waals surface area contributed by atoms with Crippen LogP contribution in [0.25, 0.3) is 0 Å². The van der Waals surface area contributed by atoms with Crippen molar-refractivity contribution in [3.05, 3.63) is 41.4 Å². The number of thioether (sulfide) groups is 1. The van der Waals surface area contributed by atoms with Crippen LogP contribution in [0.1, 0.15) is 12.5 Å². The molecule has 0 fully saturated rings. The Morgan fingerprint density at radius 3 is 2.71 bits per heavy atom. The molecular weight excluding hydrogens is 321 g/mol. The lowest BCUT2D eigenvalue weighted by atomic mass is 10.1. The highest BCUT2D eigenvalue weighted by molar-refractivity contribution is 8.02. The first-order valence-electron chi connectivity index (χ1n) is 5.91. The lowest BCUT2D eigenvalue weighted by molar-refractivity contribution is -0.137. The fraction of sp³-hybridized carbons (Fsp3) is 0.231. The van der Waals surface area contributed by atoms with Crippen LogP contribution in [-0.4, -0.2) is 16.1 Å². The van der Waals surface area contributed by atoms with Crippen molar-refractivity contribution >= 4 is 34.7 Å². The fourth-order valence-electron chi connectivity index (χ4n) is 1.55. The highest BCUT2D eigenvalue weighted by atomic mass is 32.2. The van der Waals surface area contributed by atoms with Crippen molar-refractivity contribution in [3.8, 4) is 0 Å². The number of nitrogens with one attached hydrogen (secondary N) is 1. The summed E-state index contributed by atoms with van der Waals surface area (Å²) in [6.07, 6.45) is -2.90. The summed E-state index contributed by atoms with van der Waals surface area (Å²) in [6, 6.07) is 4.91. The average molecular weight is 332 g/mol. The molecule has 2 rings (SSSR count). The maximum absolute atomic E-state index is 12.8. The minimum Gasteiger partial charge on any atom is -0.325 e. The zero-order valence-electron chi connectivity index (χ0n) is 10.8. The number of benzene rings is 1. The smallest absolute Gasteiger partial charge is 0.325 e. The van der Waals surface area contributed by atoms with E-state index in [-0.39, 0.29) is 5.69 Å². The van der Waals surface area contributed by atoms with Crippen LogP contribution in [0.15, 0.2) is 40.2 Å². The number of hydrogen-bond acceptors (Lipinski definition) is 4. The minimum absolute atomic E-state index is 0.235. The van der Waals surface area contributed by atoms with Gasteiger partial charge in [0.25, 0.3) is 0 Å². The number of aromatic nitrogens is 1. The molecule has 0 saturated carbocycles. The van der Waals surface area contributed by atoms with Crippen molar-refractivity contribution in [1.29, 1.82) is 0 Å². The largest absolute Gasteiger partial charge is 0.418 e. The second-order valence-corrected chi connectivity index (χ2v) is 6.57. The number of carbonyl (C=O) groups is 1. The highest BCUT2D eigenvalue weighted by Gasteiger charge is 2.33. The van der Waals surface area contributed by atoms with Crippen LogP contribution in [0.4, 0.5) is 18.9 Å². The van der Waals surface area contributed by atoms with Gasteiger partial charge in [-0.3, -0.25) is 4.79 Å². The maximum Gasteiger partial charge on any atom is 0.418 e. The van der Waals surface area contributed by atoms with Crippen molar-refractivity contribution in [1.82, 2.24) is 4.98 Å². The Labute approximate surface area is 127 Å². The number of hydrogen-bond donors (Lipinski definition) is 1. The van der Waals surface area contributed by atoms with Crippen LogP contribution >= 0.6 is 23.1 Å². The molecule has 8 heteroatoms. The molecule has 3 nitrogen and oxygen atoms in total. The highest BCUT2D eigenvalue weighted by Crippen LogP contribution is 2.35. The van der Waals surface area contributed by atoms with Crippen LogP contribution in [0.2, 0.25) is 0 Å². The van der Waals surface area contributed by atoms with Gasteiger partial charge in [0, 0.05) is 11.6 Å². The van der Waals surface area contributed by atoms with E-state index in [0.29, 0.717) is 4.34 Å². The maximum atomic E-state index is 12.8. The molecule has 2 aromatic rings. The normalized spacial score (nSPS) is 13.0. The lowest BCUT2D eigenvalue weighted by Gasteiger charge is -2.15. The third-order valence-electron chi connectivity index (χ3n) is 2.55. The van der Waals surface area contributed by atoms with Crippen LogP contribution in [0.3, 0.4) is 0 Å². The van der Waals surface area contributed by atoms with Gasteiger partial charge in [0.1, 0.15) is 0 Å². The quantitative estimate of drug-likeness (QED) is 0.850. The Bertz CT molecular complexity index is 614. The first kappa shape index (κ1) is 15.8. The fourth-order valence-corrected chi connectivity index (χ4v) is 3.32. The van der Waals surface area contributed by atoms with Gasteiger partial charge < -0.3 is 5.32 Å². The van der Waals surface area contributed by atoms with E-state index in [1.54, 1.807) is 18.5 Å². The molecule has 21 heavy (non-hydrogen) atoms. The minimum atomic E-state index is -4.50. The standard InChI is InChI=1S/C13H11F3N2OS2/c1-8(21-12-17-6-7-20-12)11(19)18-10-5-3-2-4-9(10)13(14,15)16/h2-8H,1H3,(H,18,19)/t8-/m1/s1. The summed E-state index contributed by atoms with van der Waals surface area (Å²) in [7, 11) is 0. The molecule has 0 aliphatic rings. The first-order chi connectivity index (χ1) is 9.88. The van der Waals surface area contributed by atoms with Gasteiger partial charge in [-0.2, -0.15) is 13.2 Å². The predicted octanol–water partition coefficient (Wildman–Crippen LogP) is 4.28. The Balaban J connectivity index is 2.09. The van der Waals surface area contributed by atoms with Gasteiger partial charge in [-0.05, 0) is 19.1 Å².